The maximum Gasteiger partial charge on any atom is 0.224 e. The SMILES string of the molecule is CCC(=O)CCCCC[C@H](NC(=O)[C@@H]1CC12CNC2)c1ncc(-c2cc3ccc(C)nc3cc2OC)o1. The molecule has 8 heteroatoms. The molecule has 1 amide bonds. The van der Waals surface area contributed by atoms with E-state index in [2.05, 4.69) is 20.6 Å². The summed E-state index contributed by atoms with van der Waals surface area (Å²) in [6.45, 7) is 5.70. The zero-order valence-electron chi connectivity index (χ0n) is 21.9. The Kier molecular flexibility index (Phi) is 7.29. The molecule has 5 rings (SSSR count). The van der Waals surface area contributed by atoms with E-state index in [1.54, 1.807) is 13.3 Å². The summed E-state index contributed by atoms with van der Waals surface area (Å²) in [6, 6.07) is 7.61. The van der Waals surface area contributed by atoms with Gasteiger partial charge >= 0.3 is 0 Å². The van der Waals surface area contributed by atoms with E-state index in [0.717, 1.165) is 60.9 Å². The normalized spacial score (nSPS) is 18.4. The van der Waals surface area contributed by atoms with Crippen molar-refractivity contribution >= 4 is 22.6 Å². The van der Waals surface area contributed by atoms with Crippen molar-refractivity contribution in [2.75, 3.05) is 20.2 Å². The van der Waals surface area contributed by atoms with Crippen LogP contribution in [-0.4, -0.2) is 41.9 Å². The second kappa shape index (κ2) is 10.6. The molecule has 0 unspecified atom stereocenters. The van der Waals surface area contributed by atoms with Crippen LogP contribution in [-0.2, 0) is 9.59 Å². The fraction of sp³-hybridized carbons (Fsp3) is 0.517. The standard InChI is InChI=1S/C29H36N4O4/c1-4-20(34)8-6-5-7-9-23(33-27(35)22-14-29(22)16-30-17-29)28-31-15-26(37-28)21-12-19-11-10-18(2)32-24(19)13-25(21)36-3/h10-13,15,22-23,30H,4-9,14,16-17H2,1-3H3,(H,33,35)/t22-,23-/m0/s1. The number of pyridine rings is 1. The Morgan fingerprint density at radius 3 is 2.78 bits per heavy atom. The van der Waals surface area contributed by atoms with E-state index >= 15 is 0 Å². The van der Waals surface area contributed by atoms with Gasteiger partial charge in [0.1, 0.15) is 17.6 Å². The average molecular weight is 505 g/mol. The van der Waals surface area contributed by atoms with Gasteiger partial charge in [0.15, 0.2) is 5.76 Å². The first kappa shape index (κ1) is 25.4. The number of Topliss-reactive ketones (excluding diaryl/α,β-unsaturated/α-hetero) is 1. The fourth-order valence-corrected chi connectivity index (χ4v) is 5.30. The summed E-state index contributed by atoms with van der Waals surface area (Å²) in [5.41, 5.74) is 2.75. The highest BCUT2D eigenvalue weighted by Gasteiger charge is 2.61. The number of benzene rings is 1. The number of methoxy groups -OCH3 is 1. The van der Waals surface area contributed by atoms with Crippen molar-refractivity contribution in [3.8, 4) is 17.1 Å². The molecule has 37 heavy (non-hydrogen) atoms. The summed E-state index contributed by atoms with van der Waals surface area (Å²) < 4.78 is 11.9. The minimum atomic E-state index is -0.315. The Hall–Kier alpha value is -3.26. The quantitative estimate of drug-likeness (QED) is 0.338. The van der Waals surface area contributed by atoms with Gasteiger partial charge in [0.25, 0.3) is 0 Å². The molecule has 2 fully saturated rings. The molecule has 2 aromatic heterocycles. The highest BCUT2D eigenvalue weighted by Crippen LogP contribution is 2.55. The molecule has 1 aliphatic carbocycles. The van der Waals surface area contributed by atoms with Crippen LogP contribution in [0.1, 0.15) is 69.5 Å². The summed E-state index contributed by atoms with van der Waals surface area (Å²) in [4.78, 5) is 33.9. The number of fused-ring (bicyclic) bond motifs is 1. The van der Waals surface area contributed by atoms with Crippen molar-refractivity contribution in [1.29, 1.82) is 0 Å². The molecule has 1 aromatic carbocycles. The topological polar surface area (TPSA) is 106 Å². The van der Waals surface area contributed by atoms with Crippen LogP contribution in [0.3, 0.4) is 0 Å². The van der Waals surface area contributed by atoms with E-state index in [0.29, 0.717) is 42.4 Å². The summed E-state index contributed by atoms with van der Waals surface area (Å²) in [5.74, 6) is 2.19. The first-order valence-corrected chi connectivity index (χ1v) is 13.4. The predicted octanol–water partition coefficient (Wildman–Crippen LogP) is 4.90. The number of amides is 1. The fourth-order valence-electron chi connectivity index (χ4n) is 5.30. The van der Waals surface area contributed by atoms with Crippen molar-refractivity contribution in [3.05, 3.63) is 42.0 Å². The molecule has 3 heterocycles. The number of nitrogens with zero attached hydrogens (tertiary/aromatic N) is 2. The Labute approximate surface area is 217 Å². The first-order valence-electron chi connectivity index (χ1n) is 13.4. The number of rotatable bonds is 12. The molecule has 2 N–H and O–H groups in total. The van der Waals surface area contributed by atoms with Gasteiger partial charge in [-0.15, -0.1) is 0 Å². The van der Waals surface area contributed by atoms with Crippen LogP contribution >= 0.6 is 0 Å². The number of nitrogens with one attached hydrogen (secondary N) is 2. The van der Waals surface area contributed by atoms with Gasteiger partial charge in [0, 0.05) is 54.4 Å². The second-order valence-corrected chi connectivity index (χ2v) is 10.5. The lowest BCUT2D eigenvalue weighted by atomic mass is 9.96. The highest BCUT2D eigenvalue weighted by atomic mass is 16.5. The molecule has 0 radical (unpaired) electrons. The number of ketones is 1. The number of ether oxygens (including phenoxy) is 1. The minimum Gasteiger partial charge on any atom is -0.496 e. The van der Waals surface area contributed by atoms with Gasteiger partial charge < -0.3 is 19.8 Å². The van der Waals surface area contributed by atoms with Crippen molar-refractivity contribution in [2.24, 2.45) is 11.3 Å². The number of carbonyl (C=O) groups is 2. The Morgan fingerprint density at radius 2 is 2.08 bits per heavy atom. The number of carbonyl (C=O) groups excluding carboxylic acids is 2. The highest BCUT2D eigenvalue weighted by molar-refractivity contribution is 5.87. The number of hydrogen-bond donors (Lipinski definition) is 2. The number of oxazole rings is 1. The molecule has 0 bridgehead atoms. The summed E-state index contributed by atoms with van der Waals surface area (Å²) in [7, 11) is 1.63. The zero-order valence-corrected chi connectivity index (χ0v) is 21.9. The van der Waals surface area contributed by atoms with Crippen molar-refractivity contribution in [2.45, 2.75) is 64.8 Å². The Balaban J connectivity index is 1.34. The van der Waals surface area contributed by atoms with Crippen molar-refractivity contribution in [3.63, 3.8) is 0 Å². The van der Waals surface area contributed by atoms with Crippen LogP contribution in [0.25, 0.3) is 22.2 Å². The van der Waals surface area contributed by atoms with E-state index in [9.17, 15) is 9.59 Å². The second-order valence-electron chi connectivity index (χ2n) is 10.5. The summed E-state index contributed by atoms with van der Waals surface area (Å²) >= 11 is 0. The van der Waals surface area contributed by atoms with Crippen LogP contribution in [0.5, 0.6) is 5.75 Å². The van der Waals surface area contributed by atoms with E-state index < -0.39 is 0 Å². The smallest absolute Gasteiger partial charge is 0.224 e. The molecule has 1 spiro atoms. The molecular weight excluding hydrogens is 468 g/mol. The Morgan fingerprint density at radius 1 is 1.24 bits per heavy atom. The molecule has 1 saturated carbocycles. The maximum atomic E-state index is 13.1. The molecule has 8 nitrogen and oxygen atoms in total. The summed E-state index contributed by atoms with van der Waals surface area (Å²) in [6.07, 6.45) is 7.22. The van der Waals surface area contributed by atoms with Crippen LogP contribution in [0.2, 0.25) is 0 Å². The van der Waals surface area contributed by atoms with E-state index in [4.69, 9.17) is 9.15 Å². The van der Waals surface area contributed by atoms with Gasteiger partial charge in [0.2, 0.25) is 11.8 Å². The maximum absolute atomic E-state index is 13.1. The lowest BCUT2D eigenvalue weighted by Gasteiger charge is -2.28. The number of hydrogen-bond acceptors (Lipinski definition) is 7. The van der Waals surface area contributed by atoms with Crippen LogP contribution in [0.4, 0.5) is 0 Å². The van der Waals surface area contributed by atoms with E-state index in [1.165, 1.54) is 0 Å². The van der Waals surface area contributed by atoms with Gasteiger partial charge in [-0.25, -0.2) is 4.98 Å². The lowest BCUT2D eigenvalue weighted by molar-refractivity contribution is -0.124. The minimum absolute atomic E-state index is 0.0596. The van der Waals surface area contributed by atoms with Crippen LogP contribution in [0.15, 0.2) is 34.9 Å². The molecule has 1 saturated heterocycles. The zero-order chi connectivity index (χ0) is 26.0. The van der Waals surface area contributed by atoms with Gasteiger partial charge in [-0.3, -0.25) is 14.6 Å². The molecule has 196 valence electrons. The predicted molar refractivity (Wildman–Crippen MR) is 141 cm³/mol. The van der Waals surface area contributed by atoms with Crippen LogP contribution < -0.4 is 15.4 Å². The average Bonchev–Trinajstić information content (AvgIpc) is 3.49. The molecule has 2 atom stereocenters. The van der Waals surface area contributed by atoms with Gasteiger partial charge in [0.05, 0.1) is 24.4 Å². The number of unbranched alkanes of at least 4 members (excludes halogenated alkanes) is 2. The third-order valence-corrected chi connectivity index (χ3v) is 7.86. The number of aromatic nitrogens is 2. The van der Waals surface area contributed by atoms with Crippen molar-refractivity contribution in [1.82, 2.24) is 20.6 Å². The van der Waals surface area contributed by atoms with Gasteiger partial charge in [-0.05, 0) is 38.3 Å². The van der Waals surface area contributed by atoms with Crippen molar-refractivity contribution < 1.29 is 18.7 Å². The summed E-state index contributed by atoms with van der Waals surface area (Å²) in [5, 5.41) is 7.50. The Bertz CT molecular complexity index is 1300. The molecule has 3 aromatic rings. The van der Waals surface area contributed by atoms with E-state index in [-0.39, 0.29) is 23.3 Å². The molecular formula is C29H36N4O4. The molecule has 1 aliphatic heterocycles. The largest absolute Gasteiger partial charge is 0.496 e. The monoisotopic (exact) mass is 504 g/mol. The van der Waals surface area contributed by atoms with Gasteiger partial charge in [-0.2, -0.15) is 0 Å². The lowest BCUT2D eigenvalue weighted by Crippen LogP contribution is -2.47. The molecule has 2 aliphatic rings. The number of aryl methyl sites for hydroxylation is 1. The van der Waals surface area contributed by atoms with E-state index in [1.807, 2.05) is 38.1 Å². The van der Waals surface area contributed by atoms with Crippen LogP contribution in [0, 0.1) is 18.3 Å². The first-order chi connectivity index (χ1) is 17.9. The third-order valence-electron chi connectivity index (χ3n) is 7.86. The third kappa shape index (κ3) is 5.39. The van der Waals surface area contributed by atoms with Gasteiger partial charge in [-0.1, -0.05) is 25.8 Å².